The number of hydrogen-bond donors (Lipinski definition) is 0. The molecule has 1 nitrogen and oxygen atoms in total. The van der Waals surface area contributed by atoms with Gasteiger partial charge in [-0.2, -0.15) is 0 Å². The molecule has 0 aliphatic carbocycles. The summed E-state index contributed by atoms with van der Waals surface area (Å²) in [5, 5.41) is 0. The molecular formula is C33H37BrO. The summed E-state index contributed by atoms with van der Waals surface area (Å²) >= 11 is 3.68. The maximum Gasteiger partial charge on any atom is 0.119 e. The summed E-state index contributed by atoms with van der Waals surface area (Å²) in [6, 6.07) is 24.0. The fourth-order valence-corrected chi connectivity index (χ4v) is 4.81. The van der Waals surface area contributed by atoms with Gasteiger partial charge in [-0.1, -0.05) is 101 Å². The van der Waals surface area contributed by atoms with Gasteiger partial charge in [0.05, 0.1) is 6.61 Å². The van der Waals surface area contributed by atoms with Crippen molar-refractivity contribution >= 4 is 27.3 Å². The molecule has 0 heterocycles. The molecule has 0 fully saturated rings. The molecular weight excluding hydrogens is 492 g/mol. The summed E-state index contributed by atoms with van der Waals surface area (Å²) in [6.45, 7) is 15.5. The van der Waals surface area contributed by atoms with E-state index in [1.165, 1.54) is 39.0 Å². The molecule has 0 saturated carbocycles. The standard InChI is InChI=1S/C33H37BrO/c1-7-35-27(6)30-13-9-12-29(21-30)19-24(3)14-15-25(4)33-22-31(34)16-17-32(33)26(5)20-28-11-8-10-23(2)18-28/h8-18,21-22,26H,6-7,19-20H2,1-5H3/b24-14-,25-15+. The van der Waals surface area contributed by atoms with Gasteiger partial charge >= 0.3 is 0 Å². The van der Waals surface area contributed by atoms with Crippen LogP contribution in [0.1, 0.15) is 67.0 Å². The average molecular weight is 530 g/mol. The zero-order valence-electron chi connectivity index (χ0n) is 21.7. The maximum atomic E-state index is 5.58. The summed E-state index contributed by atoms with van der Waals surface area (Å²) in [7, 11) is 0. The third kappa shape index (κ3) is 7.83. The van der Waals surface area contributed by atoms with Crippen LogP contribution >= 0.6 is 15.9 Å². The second-order valence-corrected chi connectivity index (χ2v) is 10.3. The van der Waals surface area contributed by atoms with Crippen molar-refractivity contribution in [2.45, 2.75) is 53.4 Å². The van der Waals surface area contributed by atoms with E-state index in [-0.39, 0.29) is 0 Å². The summed E-state index contributed by atoms with van der Waals surface area (Å²) < 4.78 is 6.69. The highest BCUT2D eigenvalue weighted by Crippen LogP contribution is 2.31. The van der Waals surface area contributed by atoms with Crippen molar-refractivity contribution in [3.8, 4) is 0 Å². The Morgan fingerprint density at radius 1 is 0.971 bits per heavy atom. The Bertz CT molecular complexity index is 1230. The molecule has 3 rings (SSSR count). The first kappa shape index (κ1) is 26.8. The minimum Gasteiger partial charge on any atom is -0.494 e. The molecule has 3 aromatic carbocycles. The molecule has 0 aliphatic rings. The van der Waals surface area contributed by atoms with Gasteiger partial charge in [-0.25, -0.2) is 0 Å². The molecule has 0 saturated heterocycles. The first-order valence-electron chi connectivity index (χ1n) is 12.4. The topological polar surface area (TPSA) is 9.23 Å². The fraction of sp³-hybridized carbons (Fsp3) is 0.273. The van der Waals surface area contributed by atoms with Gasteiger partial charge in [-0.3, -0.25) is 0 Å². The summed E-state index contributed by atoms with van der Waals surface area (Å²) in [5.74, 6) is 1.16. The molecule has 0 N–H and O–H groups in total. The Hall–Kier alpha value is -2.84. The summed E-state index contributed by atoms with van der Waals surface area (Å²) in [4.78, 5) is 0. The number of benzene rings is 3. The molecule has 0 aliphatic heterocycles. The molecule has 2 heteroatoms. The van der Waals surface area contributed by atoms with E-state index < -0.39 is 0 Å². The third-order valence-electron chi connectivity index (χ3n) is 6.26. The zero-order chi connectivity index (χ0) is 25.4. The number of ether oxygens (including phenoxy) is 1. The van der Waals surface area contributed by atoms with E-state index in [0.29, 0.717) is 12.5 Å². The predicted octanol–water partition coefficient (Wildman–Crippen LogP) is 9.70. The number of halogens is 1. The van der Waals surface area contributed by atoms with Crippen molar-refractivity contribution in [2.75, 3.05) is 6.61 Å². The second kappa shape index (κ2) is 12.7. The van der Waals surface area contributed by atoms with Crippen LogP contribution in [0.5, 0.6) is 0 Å². The largest absolute Gasteiger partial charge is 0.494 e. The number of hydrogen-bond acceptors (Lipinski definition) is 1. The van der Waals surface area contributed by atoms with Crippen LogP contribution in [0.15, 0.2) is 95.5 Å². The van der Waals surface area contributed by atoms with Gasteiger partial charge in [0, 0.05) is 10.0 Å². The van der Waals surface area contributed by atoms with E-state index in [1.807, 2.05) is 6.92 Å². The highest BCUT2D eigenvalue weighted by atomic mass is 79.9. The Kier molecular flexibility index (Phi) is 9.74. The molecule has 0 bridgehead atoms. The normalized spacial score (nSPS) is 13.0. The Balaban J connectivity index is 1.79. The van der Waals surface area contributed by atoms with Gasteiger partial charge < -0.3 is 4.74 Å². The van der Waals surface area contributed by atoms with Crippen LogP contribution in [-0.2, 0) is 17.6 Å². The molecule has 0 aromatic heterocycles. The zero-order valence-corrected chi connectivity index (χ0v) is 23.3. The van der Waals surface area contributed by atoms with Gasteiger partial charge in [-0.15, -0.1) is 0 Å². The van der Waals surface area contributed by atoms with Gasteiger partial charge in [0.1, 0.15) is 5.76 Å². The first-order chi connectivity index (χ1) is 16.8. The molecule has 1 atom stereocenters. The first-order valence-corrected chi connectivity index (χ1v) is 13.2. The van der Waals surface area contributed by atoms with E-state index in [4.69, 9.17) is 4.74 Å². The van der Waals surface area contributed by atoms with Crippen molar-refractivity contribution in [1.82, 2.24) is 0 Å². The minimum atomic E-state index is 0.425. The highest BCUT2D eigenvalue weighted by Gasteiger charge is 2.13. The molecule has 35 heavy (non-hydrogen) atoms. The van der Waals surface area contributed by atoms with Crippen molar-refractivity contribution in [3.63, 3.8) is 0 Å². The number of allylic oxidation sites excluding steroid dienone is 4. The van der Waals surface area contributed by atoms with Crippen LogP contribution < -0.4 is 0 Å². The Morgan fingerprint density at radius 2 is 1.71 bits per heavy atom. The van der Waals surface area contributed by atoms with Crippen LogP contribution in [0.2, 0.25) is 0 Å². The lowest BCUT2D eigenvalue weighted by Gasteiger charge is -2.18. The van der Waals surface area contributed by atoms with E-state index >= 15 is 0 Å². The van der Waals surface area contributed by atoms with Gasteiger partial charge in [0.25, 0.3) is 0 Å². The Labute approximate surface area is 220 Å². The molecule has 1 unspecified atom stereocenters. The maximum absolute atomic E-state index is 5.58. The number of aryl methyl sites for hydroxylation is 1. The minimum absolute atomic E-state index is 0.425. The van der Waals surface area contributed by atoms with E-state index in [2.05, 4.69) is 129 Å². The van der Waals surface area contributed by atoms with Crippen LogP contribution in [0.25, 0.3) is 11.3 Å². The van der Waals surface area contributed by atoms with Gasteiger partial charge in [0.2, 0.25) is 0 Å². The summed E-state index contributed by atoms with van der Waals surface area (Å²) in [5.41, 5.74) is 10.3. The summed E-state index contributed by atoms with van der Waals surface area (Å²) in [6.07, 6.45) is 6.42. The second-order valence-electron chi connectivity index (χ2n) is 9.42. The smallest absolute Gasteiger partial charge is 0.119 e. The molecule has 3 aromatic rings. The SMILES string of the molecule is C=C(OCC)c1cccc(C/C(C)=C\C=C(/C)c2cc(Br)ccc2C(C)Cc2cccc(C)c2)c1. The lowest BCUT2D eigenvalue weighted by molar-refractivity contribution is 0.299. The van der Waals surface area contributed by atoms with Crippen LogP contribution in [0.3, 0.4) is 0 Å². The van der Waals surface area contributed by atoms with Crippen molar-refractivity contribution in [2.24, 2.45) is 0 Å². The molecule has 0 amide bonds. The lowest BCUT2D eigenvalue weighted by atomic mass is 9.87. The highest BCUT2D eigenvalue weighted by molar-refractivity contribution is 9.10. The monoisotopic (exact) mass is 528 g/mol. The van der Waals surface area contributed by atoms with Crippen LogP contribution in [0.4, 0.5) is 0 Å². The van der Waals surface area contributed by atoms with Crippen molar-refractivity contribution < 1.29 is 4.74 Å². The van der Waals surface area contributed by atoms with Crippen molar-refractivity contribution in [3.05, 3.63) is 129 Å². The van der Waals surface area contributed by atoms with E-state index in [9.17, 15) is 0 Å². The molecule has 0 spiro atoms. The third-order valence-corrected chi connectivity index (χ3v) is 6.76. The molecule has 0 radical (unpaired) electrons. The average Bonchev–Trinajstić information content (AvgIpc) is 2.82. The van der Waals surface area contributed by atoms with Gasteiger partial charge in [0.15, 0.2) is 0 Å². The predicted molar refractivity (Wildman–Crippen MR) is 156 cm³/mol. The fourth-order valence-electron chi connectivity index (χ4n) is 4.45. The van der Waals surface area contributed by atoms with Crippen LogP contribution in [-0.4, -0.2) is 6.61 Å². The van der Waals surface area contributed by atoms with Crippen molar-refractivity contribution in [1.29, 1.82) is 0 Å². The van der Waals surface area contributed by atoms with Crippen LogP contribution in [0, 0.1) is 6.92 Å². The lowest BCUT2D eigenvalue weighted by Crippen LogP contribution is -2.02. The van der Waals surface area contributed by atoms with E-state index in [1.54, 1.807) is 0 Å². The van der Waals surface area contributed by atoms with E-state index in [0.717, 1.165) is 28.6 Å². The molecule has 182 valence electrons. The van der Waals surface area contributed by atoms with Gasteiger partial charge in [-0.05, 0) is 92.5 Å². The quantitative estimate of drug-likeness (QED) is 0.188. The Morgan fingerprint density at radius 3 is 2.46 bits per heavy atom. The number of rotatable bonds is 10.